The number of hydrogen-bond donors (Lipinski definition) is 2. The van der Waals surface area contributed by atoms with Gasteiger partial charge in [-0.1, -0.05) is 19.3 Å². The molecule has 2 aliphatic carbocycles. The van der Waals surface area contributed by atoms with E-state index in [0.717, 1.165) is 30.8 Å². The number of amides is 1. The molecular weight excluding hydrogens is 300 g/mol. The lowest BCUT2D eigenvalue weighted by Crippen LogP contribution is -2.24. The van der Waals surface area contributed by atoms with Crippen LogP contribution in [0.1, 0.15) is 63.0 Å². The highest BCUT2D eigenvalue weighted by molar-refractivity contribution is 5.92. The smallest absolute Gasteiger partial charge is 0.228 e. The predicted molar refractivity (Wildman–Crippen MR) is 90.2 cm³/mol. The van der Waals surface area contributed by atoms with E-state index in [9.17, 15) is 4.79 Å². The Labute approximate surface area is 138 Å². The van der Waals surface area contributed by atoms with Crippen LogP contribution < -0.4 is 11.1 Å². The number of carbonyl (C=O) groups excluding carboxylic acids is 1. The highest BCUT2D eigenvalue weighted by Gasteiger charge is 2.28. The average molecular weight is 327 g/mol. The first-order valence-corrected chi connectivity index (χ1v) is 8.24. The second-order valence-corrected chi connectivity index (χ2v) is 6.67. The first kappa shape index (κ1) is 17.3. The van der Waals surface area contributed by atoms with Gasteiger partial charge in [0.25, 0.3) is 0 Å². The van der Waals surface area contributed by atoms with E-state index in [0.29, 0.717) is 5.92 Å². The molecular formula is C16H27ClN4O. The van der Waals surface area contributed by atoms with E-state index in [4.69, 9.17) is 5.73 Å². The Bertz CT molecular complexity index is 510. The molecule has 2 fully saturated rings. The third kappa shape index (κ3) is 3.82. The van der Waals surface area contributed by atoms with Gasteiger partial charge in [-0.2, -0.15) is 5.10 Å². The van der Waals surface area contributed by atoms with E-state index < -0.39 is 0 Å². The molecule has 22 heavy (non-hydrogen) atoms. The van der Waals surface area contributed by atoms with Crippen molar-refractivity contribution in [2.45, 2.75) is 63.3 Å². The minimum absolute atomic E-state index is 0. The zero-order chi connectivity index (χ0) is 14.8. The average Bonchev–Trinajstić information content (AvgIpc) is 3.07. The summed E-state index contributed by atoms with van der Waals surface area (Å²) in [4.78, 5) is 12.3. The van der Waals surface area contributed by atoms with Crippen LogP contribution in [0.4, 0.5) is 5.82 Å². The number of aromatic nitrogens is 2. The van der Waals surface area contributed by atoms with Gasteiger partial charge in [0, 0.05) is 31.0 Å². The highest BCUT2D eigenvalue weighted by Crippen LogP contribution is 2.33. The summed E-state index contributed by atoms with van der Waals surface area (Å²) in [5.41, 5.74) is 7.03. The maximum absolute atomic E-state index is 12.3. The van der Waals surface area contributed by atoms with Gasteiger partial charge in [-0.15, -0.1) is 12.4 Å². The Morgan fingerprint density at radius 2 is 2.00 bits per heavy atom. The van der Waals surface area contributed by atoms with Crippen LogP contribution in [0, 0.1) is 5.92 Å². The van der Waals surface area contributed by atoms with E-state index >= 15 is 0 Å². The lowest BCUT2D eigenvalue weighted by molar-refractivity contribution is -0.119. The van der Waals surface area contributed by atoms with Crippen molar-refractivity contribution < 1.29 is 4.79 Å². The van der Waals surface area contributed by atoms with Crippen LogP contribution in [-0.4, -0.2) is 21.7 Å². The lowest BCUT2D eigenvalue weighted by atomic mass is 9.87. The van der Waals surface area contributed by atoms with Gasteiger partial charge in [-0.3, -0.25) is 9.48 Å². The SMILES string of the molecule is Cl.Cn1nc(C2CCCCC2)cc1NC(=O)C1CCC(N)C1. The van der Waals surface area contributed by atoms with Gasteiger partial charge >= 0.3 is 0 Å². The fourth-order valence-corrected chi connectivity index (χ4v) is 3.69. The third-order valence-electron chi connectivity index (χ3n) is 5.02. The number of anilines is 1. The van der Waals surface area contributed by atoms with Gasteiger partial charge in [0.2, 0.25) is 5.91 Å². The van der Waals surface area contributed by atoms with Gasteiger partial charge in [0.1, 0.15) is 5.82 Å². The predicted octanol–water partition coefficient (Wildman–Crippen LogP) is 2.96. The molecule has 0 saturated heterocycles. The molecule has 2 aliphatic rings. The number of nitrogens with one attached hydrogen (secondary N) is 1. The summed E-state index contributed by atoms with van der Waals surface area (Å²) in [5.74, 6) is 1.55. The number of carbonyl (C=O) groups is 1. The van der Waals surface area contributed by atoms with Crippen molar-refractivity contribution >= 4 is 24.1 Å². The van der Waals surface area contributed by atoms with Crippen LogP contribution in [0.5, 0.6) is 0 Å². The Morgan fingerprint density at radius 3 is 2.64 bits per heavy atom. The van der Waals surface area contributed by atoms with Crippen LogP contribution >= 0.6 is 12.4 Å². The summed E-state index contributed by atoms with van der Waals surface area (Å²) in [5, 5.41) is 7.64. The molecule has 0 aliphatic heterocycles. The van der Waals surface area contributed by atoms with Crippen molar-refractivity contribution in [3.05, 3.63) is 11.8 Å². The van der Waals surface area contributed by atoms with E-state index in [1.165, 1.54) is 32.1 Å². The first-order chi connectivity index (χ1) is 10.1. The zero-order valence-corrected chi connectivity index (χ0v) is 14.1. The second-order valence-electron chi connectivity index (χ2n) is 6.67. The van der Waals surface area contributed by atoms with Crippen LogP contribution in [0.25, 0.3) is 0 Å². The fraction of sp³-hybridized carbons (Fsp3) is 0.750. The van der Waals surface area contributed by atoms with E-state index in [2.05, 4.69) is 16.5 Å². The molecule has 1 amide bonds. The quantitative estimate of drug-likeness (QED) is 0.897. The molecule has 1 heterocycles. The molecule has 2 saturated carbocycles. The molecule has 5 nitrogen and oxygen atoms in total. The Hall–Kier alpha value is -1.07. The number of halogens is 1. The summed E-state index contributed by atoms with van der Waals surface area (Å²) >= 11 is 0. The monoisotopic (exact) mass is 326 g/mol. The van der Waals surface area contributed by atoms with E-state index in [-0.39, 0.29) is 30.3 Å². The van der Waals surface area contributed by atoms with Crippen LogP contribution in [0.3, 0.4) is 0 Å². The van der Waals surface area contributed by atoms with E-state index in [1.54, 1.807) is 4.68 Å². The first-order valence-electron chi connectivity index (χ1n) is 8.24. The normalized spacial score (nSPS) is 25.7. The van der Waals surface area contributed by atoms with Gasteiger partial charge < -0.3 is 11.1 Å². The number of hydrogen-bond acceptors (Lipinski definition) is 3. The second kappa shape index (κ2) is 7.47. The van der Waals surface area contributed by atoms with Crippen molar-refractivity contribution in [3.8, 4) is 0 Å². The van der Waals surface area contributed by atoms with Crippen molar-refractivity contribution in [3.63, 3.8) is 0 Å². The molecule has 3 N–H and O–H groups in total. The highest BCUT2D eigenvalue weighted by atomic mass is 35.5. The molecule has 1 aromatic heterocycles. The molecule has 0 radical (unpaired) electrons. The molecule has 1 aromatic rings. The van der Waals surface area contributed by atoms with Gasteiger partial charge in [-0.05, 0) is 32.1 Å². The minimum Gasteiger partial charge on any atom is -0.328 e. The summed E-state index contributed by atoms with van der Waals surface area (Å²) < 4.78 is 1.80. The van der Waals surface area contributed by atoms with Gasteiger partial charge in [0.15, 0.2) is 0 Å². The third-order valence-corrected chi connectivity index (χ3v) is 5.02. The number of nitrogens with zero attached hydrogens (tertiary/aromatic N) is 2. The molecule has 124 valence electrons. The van der Waals surface area contributed by atoms with Crippen molar-refractivity contribution in [1.29, 1.82) is 0 Å². The Balaban J connectivity index is 0.00000176. The van der Waals surface area contributed by atoms with Crippen LogP contribution in [0.2, 0.25) is 0 Å². The maximum Gasteiger partial charge on any atom is 0.228 e. The van der Waals surface area contributed by atoms with Crippen molar-refractivity contribution in [2.24, 2.45) is 18.7 Å². The molecule has 6 heteroatoms. The molecule has 3 rings (SSSR count). The lowest BCUT2D eigenvalue weighted by Gasteiger charge is -2.19. The number of aryl methyl sites for hydroxylation is 1. The van der Waals surface area contributed by atoms with E-state index in [1.807, 2.05) is 7.05 Å². The zero-order valence-electron chi connectivity index (χ0n) is 13.3. The Kier molecular flexibility index (Phi) is 5.87. The maximum atomic E-state index is 12.3. The molecule has 2 atom stereocenters. The minimum atomic E-state index is 0. The van der Waals surface area contributed by atoms with Crippen LogP contribution in [0.15, 0.2) is 6.07 Å². The Morgan fingerprint density at radius 1 is 1.27 bits per heavy atom. The molecule has 0 aromatic carbocycles. The molecule has 2 unspecified atom stereocenters. The van der Waals surface area contributed by atoms with Crippen LogP contribution in [-0.2, 0) is 11.8 Å². The van der Waals surface area contributed by atoms with Gasteiger partial charge in [-0.25, -0.2) is 0 Å². The fourth-order valence-electron chi connectivity index (χ4n) is 3.69. The molecule has 0 bridgehead atoms. The summed E-state index contributed by atoms with van der Waals surface area (Å²) in [6.07, 6.45) is 9.04. The van der Waals surface area contributed by atoms with Gasteiger partial charge in [0.05, 0.1) is 5.69 Å². The summed E-state index contributed by atoms with van der Waals surface area (Å²) in [6, 6.07) is 2.24. The molecule has 0 spiro atoms. The largest absolute Gasteiger partial charge is 0.328 e. The van der Waals surface area contributed by atoms with Crippen molar-refractivity contribution in [1.82, 2.24) is 9.78 Å². The number of nitrogens with two attached hydrogens (primary N) is 1. The standard InChI is InChI=1S/C16H26N4O.ClH/c1-20-15(18-16(21)12-7-8-13(17)9-12)10-14(19-20)11-5-3-2-4-6-11;/h10-13H,2-9,17H2,1H3,(H,18,21);1H. The van der Waals surface area contributed by atoms with Crippen molar-refractivity contribution in [2.75, 3.05) is 5.32 Å². The summed E-state index contributed by atoms with van der Waals surface area (Å²) in [7, 11) is 1.91. The topological polar surface area (TPSA) is 72.9 Å². The number of rotatable bonds is 3. The summed E-state index contributed by atoms with van der Waals surface area (Å²) in [6.45, 7) is 0.